The fourth-order valence-corrected chi connectivity index (χ4v) is 2.54. The summed E-state index contributed by atoms with van der Waals surface area (Å²) in [5, 5.41) is 0.868. The molecule has 0 saturated heterocycles. The monoisotopic (exact) mass is 317 g/mol. The van der Waals surface area contributed by atoms with E-state index in [1.165, 1.54) is 0 Å². The number of hydrogen-bond donors (Lipinski definition) is 1. The Morgan fingerprint density at radius 1 is 1.13 bits per heavy atom. The molecule has 0 saturated carbocycles. The minimum Gasteiger partial charge on any atom is -0.466 e. The fraction of sp³-hybridized carbons (Fsp3) is 0.444. The zero-order valence-electron chi connectivity index (χ0n) is 14.1. The first kappa shape index (κ1) is 17.1. The molecule has 0 aliphatic carbocycles. The van der Waals surface area contributed by atoms with Gasteiger partial charge < -0.3 is 14.5 Å². The van der Waals surface area contributed by atoms with E-state index in [9.17, 15) is 9.59 Å². The highest BCUT2D eigenvalue weighted by Crippen LogP contribution is 2.28. The van der Waals surface area contributed by atoms with E-state index in [-0.39, 0.29) is 19.0 Å². The van der Waals surface area contributed by atoms with Crippen molar-refractivity contribution in [3.63, 3.8) is 0 Å². The van der Waals surface area contributed by atoms with Gasteiger partial charge in [-0.25, -0.2) is 4.79 Å². The molecule has 1 aromatic carbocycles. The lowest BCUT2D eigenvalue weighted by Crippen LogP contribution is -2.12. The van der Waals surface area contributed by atoms with Crippen LogP contribution in [0.25, 0.3) is 10.9 Å². The predicted molar refractivity (Wildman–Crippen MR) is 88.7 cm³/mol. The number of esters is 2. The minimum absolute atomic E-state index is 0.0452. The SMILES string of the molecule is CCOC(=O)Cc1c(C(=O)OCC)[nH]c2ccc(C(C)C)cc12. The lowest BCUT2D eigenvalue weighted by atomic mass is 9.99. The summed E-state index contributed by atoms with van der Waals surface area (Å²) in [5.41, 5.74) is 2.93. The van der Waals surface area contributed by atoms with E-state index in [4.69, 9.17) is 9.47 Å². The van der Waals surface area contributed by atoms with Crippen molar-refractivity contribution in [2.45, 2.75) is 40.0 Å². The molecule has 0 aliphatic heterocycles. The molecule has 0 spiro atoms. The molecule has 0 amide bonds. The molecule has 0 bridgehead atoms. The summed E-state index contributed by atoms with van der Waals surface area (Å²) >= 11 is 0. The molecule has 1 heterocycles. The fourth-order valence-electron chi connectivity index (χ4n) is 2.54. The van der Waals surface area contributed by atoms with Gasteiger partial charge in [0.2, 0.25) is 0 Å². The number of hydrogen-bond acceptors (Lipinski definition) is 4. The minimum atomic E-state index is -0.450. The van der Waals surface area contributed by atoms with E-state index >= 15 is 0 Å². The van der Waals surface area contributed by atoms with E-state index in [2.05, 4.69) is 18.8 Å². The predicted octanol–water partition coefficient (Wildman–Crippen LogP) is 3.57. The highest BCUT2D eigenvalue weighted by atomic mass is 16.5. The Bertz CT molecular complexity index is 715. The standard InChI is InChI=1S/C18H23NO4/c1-5-22-16(20)10-14-13-9-12(11(3)4)7-8-15(13)19-17(14)18(21)23-6-2/h7-9,11,19H,5-6,10H2,1-4H3. The molecule has 124 valence electrons. The van der Waals surface area contributed by atoms with Crippen molar-refractivity contribution in [3.05, 3.63) is 35.0 Å². The van der Waals surface area contributed by atoms with Gasteiger partial charge in [-0.05, 0) is 37.5 Å². The Hall–Kier alpha value is -2.30. The Morgan fingerprint density at radius 2 is 1.83 bits per heavy atom. The number of ether oxygens (including phenoxy) is 2. The highest BCUT2D eigenvalue weighted by molar-refractivity contribution is 6.00. The van der Waals surface area contributed by atoms with Crippen LogP contribution in [0.5, 0.6) is 0 Å². The summed E-state index contributed by atoms with van der Waals surface area (Å²) in [7, 11) is 0. The van der Waals surface area contributed by atoms with Crippen LogP contribution < -0.4 is 0 Å². The Labute approximate surface area is 136 Å². The average Bonchev–Trinajstić information content (AvgIpc) is 2.85. The number of aromatic amines is 1. The van der Waals surface area contributed by atoms with Gasteiger partial charge in [-0.2, -0.15) is 0 Å². The van der Waals surface area contributed by atoms with E-state index in [1.807, 2.05) is 18.2 Å². The van der Waals surface area contributed by atoms with Crippen LogP contribution in [0.15, 0.2) is 18.2 Å². The molecule has 2 rings (SSSR count). The van der Waals surface area contributed by atoms with Gasteiger partial charge in [0, 0.05) is 16.5 Å². The molecular weight excluding hydrogens is 294 g/mol. The number of H-pyrrole nitrogens is 1. The van der Waals surface area contributed by atoms with Crippen molar-refractivity contribution in [1.82, 2.24) is 4.98 Å². The van der Waals surface area contributed by atoms with Crippen molar-refractivity contribution in [3.8, 4) is 0 Å². The highest BCUT2D eigenvalue weighted by Gasteiger charge is 2.22. The van der Waals surface area contributed by atoms with Crippen LogP contribution in [0.4, 0.5) is 0 Å². The van der Waals surface area contributed by atoms with Gasteiger partial charge >= 0.3 is 11.9 Å². The average molecular weight is 317 g/mol. The molecule has 5 nitrogen and oxygen atoms in total. The van der Waals surface area contributed by atoms with Crippen molar-refractivity contribution < 1.29 is 19.1 Å². The molecule has 1 N–H and O–H groups in total. The molecule has 0 aliphatic rings. The summed E-state index contributed by atoms with van der Waals surface area (Å²) in [4.78, 5) is 27.2. The number of carbonyl (C=O) groups is 2. The number of aromatic nitrogens is 1. The molecule has 0 fully saturated rings. The summed E-state index contributed by atoms with van der Waals surface area (Å²) in [5.74, 6) is -0.446. The maximum absolute atomic E-state index is 12.2. The molecule has 2 aromatic rings. The van der Waals surface area contributed by atoms with Gasteiger partial charge in [-0.3, -0.25) is 4.79 Å². The first-order valence-corrected chi connectivity index (χ1v) is 7.95. The van der Waals surface area contributed by atoms with E-state index < -0.39 is 5.97 Å². The number of rotatable bonds is 6. The van der Waals surface area contributed by atoms with Crippen LogP contribution in [-0.4, -0.2) is 30.1 Å². The number of carbonyl (C=O) groups excluding carboxylic acids is 2. The third-order valence-corrected chi connectivity index (χ3v) is 3.70. The van der Waals surface area contributed by atoms with E-state index in [0.29, 0.717) is 23.8 Å². The molecule has 0 radical (unpaired) electrons. The van der Waals surface area contributed by atoms with Crippen molar-refractivity contribution in [2.24, 2.45) is 0 Å². The second kappa shape index (κ2) is 7.31. The van der Waals surface area contributed by atoms with Crippen LogP contribution >= 0.6 is 0 Å². The molecular formula is C18H23NO4. The Kier molecular flexibility index (Phi) is 5.42. The third-order valence-electron chi connectivity index (χ3n) is 3.70. The summed E-state index contributed by atoms with van der Waals surface area (Å²) in [6.07, 6.45) is 0.0452. The van der Waals surface area contributed by atoms with Crippen molar-refractivity contribution in [2.75, 3.05) is 13.2 Å². The van der Waals surface area contributed by atoms with Gasteiger partial charge in [0.25, 0.3) is 0 Å². The maximum atomic E-state index is 12.2. The first-order valence-electron chi connectivity index (χ1n) is 7.95. The normalized spacial score (nSPS) is 11.0. The summed E-state index contributed by atoms with van der Waals surface area (Å²) in [6, 6.07) is 5.97. The lowest BCUT2D eigenvalue weighted by molar-refractivity contribution is -0.142. The van der Waals surface area contributed by atoms with Gasteiger partial charge in [-0.1, -0.05) is 19.9 Å². The maximum Gasteiger partial charge on any atom is 0.355 e. The zero-order chi connectivity index (χ0) is 17.0. The second-order valence-electron chi connectivity index (χ2n) is 5.64. The van der Waals surface area contributed by atoms with Crippen LogP contribution in [-0.2, 0) is 20.7 Å². The molecule has 1 aromatic heterocycles. The Balaban J connectivity index is 2.54. The molecule has 0 unspecified atom stereocenters. The van der Waals surface area contributed by atoms with E-state index in [0.717, 1.165) is 16.5 Å². The largest absolute Gasteiger partial charge is 0.466 e. The number of nitrogens with one attached hydrogen (secondary N) is 1. The van der Waals surface area contributed by atoms with Crippen LogP contribution in [0, 0.1) is 0 Å². The van der Waals surface area contributed by atoms with Gasteiger partial charge in [0.15, 0.2) is 0 Å². The molecule has 23 heavy (non-hydrogen) atoms. The summed E-state index contributed by atoms with van der Waals surface area (Å²) in [6.45, 7) is 8.31. The number of fused-ring (bicyclic) bond motifs is 1. The third kappa shape index (κ3) is 3.73. The lowest BCUT2D eigenvalue weighted by Gasteiger charge is -2.07. The van der Waals surface area contributed by atoms with Crippen LogP contribution in [0.1, 0.15) is 55.2 Å². The van der Waals surface area contributed by atoms with Gasteiger partial charge in [0.1, 0.15) is 5.69 Å². The van der Waals surface area contributed by atoms with Crippen LogP contribution in [0.2, 0.25) is 0 Å². The van der Waals surface area contributed by atoms with Crippen LogP contribution in [0.3, 0.4) is 0 Å². The van der Waals surface area contributed by atoms with Gasteiger partial charge in [0.05, 0.1) is 19.6 Å². The summed E-state index contributed by atoms with van der Waals surface area (Å²) < 4.78 is 10.1. The molecule has 5 heteroatoms. The van der Waals surface area contributed by atoms with Crippen molar-refractivity contribution in [1.29, 1.82) is 0 Å². The van der Waals surface area contributed by atoms with E-state index in [1.54, 1.807) is 13.8 Å². The Morgan fingerprint density at radius 3 is 2.43 bits per heavy atom. The van der Waals surface area contributed by atoms with Crippen molar-refractivity contribution >= 4 is 22.8 Å². The smallest absolute Gasteiger partial charge is 0.355 e. The topological polar surface area (TPSA) is 68.4 Å². The van der Waals surface area contributed by atoms with Gasteiger partial charge in [-0.15, -0.1) is 0 Å². The molecule has 0 atom stereocenters. The first-order chi connectivity index (χ1) is 11.0. The zero-order valence-corrected chi connectivity index (χ0v) is 14.1. The number of benzene rings is 1. The quantitative estimate of drug-likeness (QED) is 0.827. The second-order valence-corrected chi connectivity index (χ2v) is 5.64.